The lowest BCUT2D eigenvalue weighted by Crippen LogP contribution is -2.54. The molecule has 0 atom stereocenters. The Balaban J connectivity index is 2.37. The van der Waals surface area contributed by atoms with E-state index in [1.54, 1.807) is 13.8 Å². The summed E-state index contributed by atoms with van der Waals surface area (Å²) in [6.07, 6.45) is 0. The van der Waals surface area contributed by atoms with Gasteiger partial charge in [-0.3, -0.25) is 9.69 Å². The summed E-state index contributed by atoms with van der Waals surface area (Å²) < 4.78 is 33.2. The molecule has 0 unspecified atom stereocenters. The lowest BCUT2D eigenvalue weighted by molar-refractivity contribution is -0.00457. The summed E-state index contributed by atoms with van der Waals surface area (Å²) in [6, 6.07) is 2.35. The van der Waals surface area contributed by atoms with Gasteiger partial charge < -0.3 is 4.74 Å². The van der Waals surface area contributed by atoms with E-state index in [9.17, 15) is 13.6 Å². The van der Waals surface area contributed by atoms with Gasteiger partial charge in [0.2, 0.25) is 0 Å². The molecule has 0 aliphatic carbocycles. The van der Waals surface area contributed by atoms with Crippen molar-refractivity contribution in [1.29, 1.82) is 0 Å². The third-order valence-corrected chi connectivity index (χ3v) is 4.24. The zero-order valence-corrected chi connectivity index (χ0v) is 13.0. The second kappa shape index (κ2) is 5.87. The van der Waals surface area contributed by atoms with Gasteiger partial charge in [0.1, 0.15) is 5.82 Å². The first-order chi connectivity index (χ1) is 9.35. The molecular weight excluding hydrogens is 332 g/mol. The van der Waals surface area contributed by atoms with Crippen molar-refractivity contribution in [2.75, 3.05) is 26.3 Å². The molecule has 1 aliphatic heterocycles. The summed E-state index contributed by atoms with van der Waals surface area (Å²) in [5.41, 5.74) is -1.47. The number of halogens is 3. The van der Waals surface area contributed by atoms with Crippen LogP contribution >= 0.6 is 15.9 Å². The van der Waals surface area contributed by atoms with E-state index in [-0.39, 0.29) is 4.47 Å². The van der Waals surface area contributed by atoms with Crippen LogP contribution < -0.4 is 0 Å². The first-order valence-corrected chi connectivity index (χ1v) is 7.16. The van der Waals surface area contributed by atoms with Crippen molar-refractivity contribution in [3.05, 3.63) is 33.8 Å². The Morgan fingerprint density at radius 1 is 1.30 bits per heavy atom. The largest absolute Gasteiger partial charge is 0.379 e. The minimum absolute atomic E-state index is 0.0834. The van der Waals surface area contributed by atoms with Gasteiger partial charge in [-0.25, -0.2) is 8.78 Å². The molecule has 0 spiro atoms. The summed E-state index contributed by atoms with van der Waals surface area (Å²) in [5, 5.41) is 0. The normalized spacial score (nSPS) is 17.2. The van der Waals surface area contributed by atoms with E-state index in [1.165, 1.54) is 6.07 Å². The van der Waals surface area contributed by atoms with E-state index < -0.39 is 28.5 Å². The summed E-state index contributed by atoms with van der Waals surface area (Å²) in [5.74, 6) is -2.25. The highest BCUT2D eigenvalue weighted by Crippen LogP contribution is 2.28. The quantitative estimate of drug-likeness (QED) is 0.621. The lowest BCUT2D eigenvalue weighted by atomic mass is 9.90. The van der Waals surface area contributed by atoms with Crippen LogP contribution in [-0.2, 0) is 4.74 Å². The van der Waals surface area contributed by atoms with E-state index in [2.05, 4.69) is 15.9 Å². The highest BCUT2D eigenvalue weighted by molar-refractivity contribution is 9.10. The number of hydrogen-bond acceptors (Lipinski definition) is 3. The van der Waals surface area contributed by atoms with Crippen LogP contribution in [0.2, 0.25) is 0 Å². The SMILES string of the molecule is CC(C)(C(=O)c1c(F)ccc(Br)c1F)N1CCOCC1. The van der Waals surface area contributed by atoms with Crippen LogP contribution in [0.4, 0.5) is 8.78 Å². The van der Waals surface area contributed by atoms with Crippen molar-refractivity contribution < 1.29 is 18.3 Å². The Morgan fingerprint density at radius 2 is 1.90 bits per heavy atom. The molecular formula is C14H16BrF2NO2. The number of hydrogen-bond donors (Lipinski definition) is 0. The minimum atomic E-state index is -0.980. The van der Waals surface area contributed by atoms with Crippen LogP contribution in [0.15, 0.2) is 16.6 Å². The number of carbonyl (C=O) groups is 1. The van der Waals surface area contributed by atoms with Crippen molar-refractivity contribution in [3.63, 3.8) is 0 Å². The molecule has 3 nitrogen and oxygen atoms in total. The average Bonchev–Trinajstić information content (AvgIpc) is 2.44. The fourth-order valence-electron chi connectivity index (χ4n) is 2.31. The molecule has 1 aromatic rings. The van der Waals surface area contributed by atoms with Crippen molar-refractivity contribution in [2.45, 2.75) is 19.4 Å². The van der Waals surface area contributed by atoms with Crippen molar-refractivity contribution >= 4 is 21.7 Å². The highest BCUT2D eigenvalue weighted by Gasteiger charge is 2.38. The third kappa shape index (κ3) is 2.77. The van der Waals surface area contributed by atoms with Crippen LogP contribution in [0.25, 0.3) is 0 Å². The topological polar surface area (TPSA) is 29.5 Å². The van der Waals surface area contributed by atoms with E-state index in [4.69, 9.17) is 4.74 Å². The van der Waals surface area contributed by atoms with Gasteiger partial charge in [0.25, 0.3) is 0 Å². The number of carbonyl (C=O) groups excluding carboxylic acids is 1. The number of nitrogens with zero attached hydrogens (tertiary/aromatic N) is 1. The standard InChI is InChI=1S/C14H16BrF2NO2/c1-14(2,18-5-7-20-8-6-18)13(19)11-10(16)4-3-9(15)12(11)17/h3-4H,5-8H2,1-2H3. The Hall–Kier alpha value is -0.850. The van der Waals surface area contributed by atoms with Gasteiger partial charge in [-0.1, -0.05) is 0 Å². The molecule has 0 bridgehead atoms. The van der Waals surface area contributed by atoms with Crippen LogP contribution in [0, 0.1) is 11.6 Å². The Labute approximate surface area is 125 Å². The Kier molecular flexibility index (Phi) is 4.56. The number of Topliss-reactive ketones (excluding diaryl/α,β-unsaturated/α-hetero) is 1. The predicted octanol–water partition coefficient (Wildman–Crippen LogP) is 3.02. The van der Waals surface area contributed by atoms with E-state index in [0.717, 1.165) is 6.07 Å². The summed E-state index contributed by atoms with van der Waals surface area (Å²) in [7, 11) is 0. The molecule has 6 heteroatoms. The first kappa shape index (κ1) is 15.5. The predicted molar refractivity (Wildman–Crippen MR) is 74.9 cm³/mol. The van der Waals surface area contributed by atoms with Gasteiger partial charge in [-0.05, 0) is 41.9 Å². The van der Waals surface area contributed by atoms with Gasteiger partial charge in [-0.2, -0.15) is 0 Å². The first-order valence-electron chi connectivity index (χ1n) is 6.37. The molecule has 0 amide bonds. The molecule has 1 aromatic carbocycles. The van der Waals surface area contributed by atoms with Gasteiger partial charge in [0.05, 0.1) is 28.8 Å². The van der Waals surface area contributed by atoms with Gasteiger partial charge in [-0.15, -0.1) is 0 Å². The van der Waals surface area contributed by atoms with Crippen LogP contribution in [0.3, 0.4) is 0 Å². The average molecular weight is 348 g/mol. The molecule has 1 heterocycles. The number of ether oxygens (including phenoxy) is 1. The second-order valence-corrected chi connectivity index (χ2v) is 6.06. The Bertz CT molecular complexity index is 528. The molecule has 20 heavy (non-hydrogen) atoms. The maximum atomic E-state index is 14.1. The van der Waals surface area contributed by atoms with Crippen molar-refractivity contribution in [1.82, 2.24) is 4.90 Å². The molecule has 1 fully saturated rings. The maximum absolute atomic E-state index is 14.1. The molecule has 1 aliphatic rings. The van der Waals surface area contributed by atoms with Crippen molar-refractivity contribution in [3.8, 4) is 0 Å². The second-order valence-electron chi connectivity index (χ2n) is 5.21. The smallest absolute Gasteiger partial charge is 0.188 e. The van der Waals surface area contributed by atoms with Gasteiger partial charge in [0.15, 0.2) is 11.6 Å². The van der Waals surface area contributed by atoms with Gasteiger partial charge >= 0.3 is 0 Å². The summed E-state index contributed by atoms with van der Waals surface area (Å²) in [4.78, 5) is 14.5. The maximum Gasteiger partial charge on any atom is 0.188 e. The number of rotatable bonds is 3. The van der Waals surface area contributed by atoms with Crippen LogP contribution in [0.5, 0.6) is 0 Å². The van der Waals surface area contributed by atoms with E-state index in [1.807, 2.05) is 4.90 Å². The van der Waals surface area contributed by atoms with Crippen LogP contribution in [-0.4, -0.2) is 42.5 Å². The highest BCUT2D eigenvalue weighted by atomic mass is 79.9. The fourth-order valence-corrected chi connectivity index (χ4v) is 2.64. The molecule has 2 rings (SSSR count). The number of benzene rings is 1. The molecule has 0 N–H and O–H groups in total. The van der Waals surface area contributed by atoms with Gasteiger partial charge in [0, 0.05) is 13.1 Å². The zero-order valence-electron chi connectivity index (χ0n) is 11.4. The molecule has 1 saturated heterocycles. The third-order valence-electron chi connectivity index (χ3n) is 3.63. The molecule has 0 aromatic heterocycles. The number of ketones is 1. The minimum Gasteiger partial charge on any atom is -0.379 e. The molecule has 0 radical (unpaired) electrons. The number of morpholine rings is 1. The Morgan fingerprint density at radius 3 is 2.50 bits per heavy atom. The molecule has 110 valence electrons. The summed E-state index contributed by atoms with van der Waals surface area (Å²) in [6.45, 7) is 5.52. The molecule has 0 saturated carbocycles. The van der Waals surface area contributed by atoms with E-state index >= 15 is 0 Å². The fraction of sp³-hybridized carbons (Fsp3) is 0.500. The zero-order chi connectivity index (χ0) is 14.9. The van der Waals surface area contributed by atoms with Crippen LogP contribution in [0.1, 0.15) is 24.2 Å². The monoisotopic (exact) mass is 347 g/mol. The summed E-state index contributed by atoms with van der Waals surface area (Å²) >= 11 is 2.98. The lowest BCUT2D eigenvalue weighted by Gasteiger charge is -2.39. The van der Waals surface area contributed by atoms with Crippen molar-refractivity contribution in [2.24, 2.45) is 0 Å². The van der Waals surface area contributed by atoms with E-state index in [0.29, 0.717) is 26.3 Å².